The summed E-state index contributed by atoms with van der Waals surface area (Å²) in [5.41, 5.74) is 0.509. The molecule has 1 aromatic carbocycles. The molecule has 0 saturated heterocycles. The lowest BCUT2D eigenvalue weighted by molar-refractivity contribution is -0.121. The van der Waals surface area contributed by atoms with Crippen molar-refractivity contribution in [2.75, 3.05) is 6.54 Å². The SMILES string of the molecule is CCC(C)NCC(=O)N[C@H](C)c1ccccc1F. The van der Waals surface area contributed by atoms with Gasteiger partial charge in [-0.05, 0) is 26.3 Å². The predicted octanol–water partition coefficient (Wildman–Crippen LogP) is 2.39. The van der Waals surface area contributed by atoms with E-state index >= 15 is 0 Å². The maximum absolute atomic E-state index is 13.5. The maximum atomic E-state index is 13.5. The quantitative estimate of drug-likeness (QED) is 0.816. The van der Waals surface area contributed by atoms with Crippen LogP contribution in [-0.2, 0) is 4.79 Å². The van der Waals surface area contributed by atoms with Crippen LogP contribution < -0.4 is 10.6 Å². The fourth-order valence-corrected chi connectivity index (χ4v) is 1.61. The zero-order valence-corrected chi connectivity index (χ0v) is 11.2. The second-order valence-electron chi connectivity index (χ2n) is 4.50. The van der Waals surface area contributed by atoms with Gasteiger partial charge < -0.3 is 10.6 Å². The van der Waals surface area contributed by atoms with Gasteiger partial charge in [0.15, 0.2) is 0 Å². The number of nitrogens with one attached hydrogen (secondary N) is 2. The summed E-state index contributed by atoms with van der Waals surface area (Å²) < 4.78 is 13.5. The molecule has 0 aliphatic heterocycles. The van der Waals surface area contributed by atoms with E-state index in [-0.39, 0.29) is 24.3 Å². The van der Waals surface area contributed by atoms with E-state index in [0.717, 1.165) is 6.42 Å². The smallest absolute Gasteiger partial charge is 0.234 e. The molecule has 1 amide bonds. The summed E-state index contributed by atoms with van der Waals surface area (Å²) in [6.07, 6.45) is 0.968. The van der Waals surface area contributed by atoms with Crippen LogP contribution in [0.5, 0.6) is 0 Å². The summed E-state index contributed by atoms with van der Waals surface area (Å²) >= 11 is 0. The van der Waals surface area contributed by atoms with Crippen molar-refractivity contribution in [3.8, 4) is 0 Å². The molecule has 0 heterocycles. The molecule has 0 aromatic heterocycles. The lowest BCUT2D eigenvalue weighted by atomic mass is 10.1. The number of rotatable bonds is 6. The third kappa shape index (κ3) is 4.45. The van der Waals surface area contributed by atoms with Crippen LogP contribution in [0.2, 0.25) is 0 Å². The van der Waals surface area contributed by atoms with E-state index in [1.54, 1.807) is 25.1 Å². The van der Waals surface area contributed by atoms with E-state index in [2.05, 4.69) is 17.6 Å². The largest absolute Gasteiger partial charge is 0.348 e. The summed E-state index contributed by atoms with van der Waals surface area (Å²) in [4.78, 5) is 11.7. The van der Waals surface area contributed by atoms with Crippen molar-refractivity contribution in [1.82, 2.24) is 10.6 Å². The van der Waals surface area contributed by atoms with Crippen molar-refractivity contribution in [2.45, 2.75) is 39.3 Å². The first-order valence-corrected chi connectivity index (χ1v) is 6.31. The summed E-state index contributed by atoms with van der Waals surface area (Å²) in [5, 5.41) is 5.87. The number of carbonyl (C=O) groups is 1. The number of halogens is 1. The van der Waals surface area contributed by atoms with E-state index in [9.17, 15) is 9.18 Å². The van der Waals surface area contributed by atoms with Crippen LogP contribution in [-0.4, -0.2) is 18.5 Å². The van der Waals surface area contributed by atoms with Crippen LogP contribution in [0.15, 0.2) is 24.3 Å². The van der Waals surface area contributed by atoms with E-state index in [4.69, 9.17) is 0 Å². The molecule has 2 N–H and O–H groups in total. The van der Waals surface area contributed by atoms with Crippen LogP contribution in [0.4, 0.5) is 4.39 Å². The summed E-state index contributed by atoms with van der Waals surface area (Å²) in [5.74, 6) is -0.411. The highest BCUT2D eigenvalue weighted by atomic mass is 19.1. The van der Waals surface area contributed by atoms with Gasteiger partial charge >= 0.3 is 0 Å². The Morgan fingerprint density at radius 3 is 2.61 bits per heavy atom. The Hall–Kier alpha value is -1.42. The molecular weight excluding hydrogens is 231 g/mol. The highest BCUT2D eigenvalue weighted by Crippen LogP contribution is 2.15. The molecule has 0 aliphatic carbocycles. The van der Waals surface area contributed by atoms with Crippen molar-refractivity contribution >= 4 is 5.91 Å². The number of hydrogen-bond acceptors (Lipinski definition) is 2. The minimum Gasteiger partial charge on any atom is -0.348 e. The highest BCUT2D eigenvalue weighted by molar-refractivity contribution is 5.78. The predicted molar refractivity (Wildman–Crippen MR) is 70.7 cm³/mol. The van der Waals surface area contributed by atoms with Crippen molar-refractivity contribution in [2.24, 2.45) is 0 Å². The van der Waals surface area contributed by atoms with Gasteiger partial charge in [-0.15, -0.1) is 0 Å². The second kappa shape index (κ2) is 7.11. The maximum Gasteiger partial charge on any atom is 0.234 e. The Morgan fingerprint density at radius 1 is 1.33 bits per heavy atom. The molecule has 100 valence electrons. The lowest BCUT2D eigenvalue weighted by Gasteiger charge is -2.16. The molecule has 0 bridgehead atoms. The van der Waals surface area contributed by atoms with Crippen LogP contribution in [0, 0.1) is 5.82 Å². The van der Waals surface area contributed by atoms with Crippen molar-refractivity contribution < 1.29 is 9.18 Å². The topological polar surface area (TPSA) is 41.1 Å². The standard InChI is InChI=1S/C14H21FN2O/c1-4-10(2)16-9-14(18)17-11(3)12-7-5-6-8-13(12)15/h5-8,10-11,16H,4,9H2,1-3H3,(H,17,18)/t10?,11-/m1/s1. The lowest BCUT2D eigenvalue weighted by Crippen LogP contribution is -2.38. The van der Waals surface area contributed by atoms with Gasteiger partial charge in [0.1, 0.15) is 5.82 Å². The second-order valence-corrected chi connectivity index (χ2v) is 4.50. The zero-order valence-electron chi connectivity index (χ0n) is 11.2. The van der Waals surface area contributed by atoms with E-state index in [1.165, 1.54) is 6.07 Å². The Morgan fingerprint density at radius 2 is 2.00 bits per heavy atom. The molecule has 2 atom stereocenters. The first-order valence-electron chi connectivity index (χ1n) is 6.31. The summed E-state index contributed by atoms with van der Waals surface area (Å²) in [7, 11) is 0. The zero-order chi connectivity index (χ0) is 13.5. The molecule has 18 heavy (non-hydrogen) atoms. The summed E-state index contributed by atoms with van der Waals surface area (Å²) in [6, 6.07) is 6.46. The average molecular weight is 252 g/mol. The van der Waals surface area contributed by atoms with Crippen molar-refractivity contribution in [1.29, 1.82) is 0 Å². The van der Waals surface area contributed by atoms with Gasteiger partial charge in [-0.3, -0.25) is 4.79 Å². The number of carbonyl (C=O) groups excluding carboxylic acids is 1. The van der Waals surface area contributed by atoms with Gasteiger partial charge in [0.25, 0.3) is 0 Å². The van der Waals surface area contributed by atoms with Gasteiger partial charge in [0, 0.05) is 11.6 Å². The molecule has 0 saturated carbocycles. The number of hydrogen-bond donors (Lipinski definition) is 2. The molecule has 0 radical (unpaired) electrons. The van der Waals surface area contributed by atoms with Crippen molar-refractivity contribution in [3.63, 3.8) is 0 Å². The van der Waals surface area contributed by atoms with Crippen LogP contribution >= 0.6 is 0 Å². The van der Waals surface area contributed by atoms with Crippen LogP contribution in [0.3, 0.4) is 0 Å². The fourth-order valence-electron chi connectivity index (χ4n) is 1.61. The van der Waals surface area contributed by atoms with E-state index < -0.39 is 0 Å². The summed E-state index contributed by atoms with van der Waals surface area (Å²) in [6.45, 7) is 6.11. The molecule has 0 spiro atoms. The van der Waals surface area contributed by atoms with Crippen molar-refractivity contribution in [3.05, 3.63) is 35.6 Å². The molecular formula is C14H21FN2O. The Labute approximate surface area is 108 Å². The molecule has 1 aromatic rings. The Kier molecular flexibility index (Phi) is 5.78. The molecule has 1 unspecified atom stereocenters. The number of benzene rings is 1. The van der Waals surface area contributed by atoms with Crippen LogP contribution in [0.25, 0.3) is 0 Å². The first kappa shape index (κ1) is 14.6. The fraction of sp³-hybridized carbons (Fsp3) is 0.500. The molecule has 0 aliphatic rings. The van der Waals surface area contributed by atoms with Gasteiger partial charge in [0.2, 0.25) is 5.91 Å². The van der Waals surface area contributed by atoms with E-state index in [0.29, 0.717) is 11.6 Å². The van der Waals surface area contributed by atoms with Gasteiger partial charge in [0.05, 0.1) is 12.6 Å². The third-order valence-corrected chi connectivity index (χ3v) is 2.97. The molecule has 1 rings (SSSR count). The first-order chi connectivity index (χ1) is 8.54. The minimum atomic E-state index is -0.322. The van der Waals surface area contributed by atoms with Gasteiger partial charge in [-0.1, -0.05) is 25.1 Å². The Balaban J connectivity index is 2.47. The van der Waals surface area contributed by atoms with Crippen LogP contribution in [0.1, 0.15) is 38.8 Å². The Bertz CT molecular complexity index is 395. The highest BCUT2D eigenvalue weighted by Gasteiger charge is 2.13. The molecule has 3 nitrogen and oxygen atoms in total. The third-order valence-electron chi connectivity index (χ3n) is 2.97. The number of amides is 1. The normalized spacial score (nSPS) is 14.0. The van der Waals surface area contributed by atoms with Gasteiger partial charge in [-0.25, -0.2) is 4.39 Å². The minimum absolute atomic E-state index is 0.119. The molecule has 0 fully saturated rings. The molecule has 4 heteroatoms. The average Bonchev–Trinajstić information content (AvgIpc) is 2.36. The van der Waals surface area contributed by atoms with Gasteiger partial charge in [-0.2, -0.15) is 0 Å². The van der Waals surface area contributed by atoms with E-state index in [1.807, 2.05) is 6.92 Å². The monoisotopic (exact) mass is 252 g/mol.